The van der Waals surface area contributed by atoms with Gasteiger partial charge in [-0.25, -0.2) is 0 Å². The largest absolute Gasteiger partial charge is 0.260 e. The van der Waals surface area contributed by atoms with Crippen molar-refractivity contribution in [3.8, 4) is 11.8 Å². The van der Waals surface area contributed by atoms with E-state index < -0.39 is 0 Å². The third-order valence-corrected chi connectivity index (χ3v) is 2.13. The molecule has 1 aromatic rings. The highest BCUT2D eigenvalue weighted by atomic mass is 15.3. The summed E-state index contributed by atoms with van der Waals surface area (Å²) >= 11 is 0. The summed E-state index contributed by atoms with van der Waals surface area (Å²) in [6.45, 7) is 13.8. The van der Waals surface area contributed by atoms with Crippen LogP contribution in [0.3, 0.4) is 0 Å². The van der Waals surface area contributed by atoms with E-state index in [0.717, 1.165) is 6.42 Å². The van der Waals surface area contributed by atoms with Crippen molar-refractivity contribution >= 4 is 0 Å². The van der Waals surface area contributed by atoms with E-state index >= 15 is 0 Å². The summed E-state index contributed by atoms with van der Waals surface area (Å²) in [5, 5.41) is 4.33. The van der Waals surface area contributed by atoms with Crippen LogP contribution in [0, 0.1) is 22.7 Å². The van der Waals surface area contributed by atoms with Crippen molar-refractivity contribution in [3.63, 3.8) is 0 Å². The molecule has 1 aromatic heterocycles. The molecule has 0 bridgehead atoms. The van der Waals surface area contributed by atoms with Gasteiger partial charge in [0.05, 0.1) is 6.20 Å². The van der Waals surface area contributed by atoms with Gasteiger partial charge in [-0.15, -0.1) is 0 Å². The summed E-state index contributed by atoms with van der Waals surface area (Å²) < 4.78 is 1.92. The maximum atomic E-state index is 4.33. The standard InChI is InChI=1S/C15H24N2/c1-14(2,3)8-7-9-17-12-13(11-16-17)10-15(4,5)6/h11-12H,9-10H2,1-6H3. The highest BCUT2D eigenvalue weighted by molar-refractivity contribution is 5.10. The fourth-order valence-electron chi connectivity index (χ4n) is 1.58. The zero-order valence-corrected chi connectivity index (χ0v) is 12.0. The molecule has 0 saturated heterocycles. The molecule has 0 saturated carbocycles. The maximum absolute atomic E-state index is 4.33. The lowest BCUT2D eigenvalue weighted by Crippen LogP contribution is -2.08. The van der Waals surface area contributed by atoms with E-state index in [2.05, 4.69) is 64.7 Å². The smallest absolute Gasteiger partial charge is 0.102 e. The monoisotopic (exact) mass is 232 g/mol. The molecule has 0 atom stereocenters. The number of hydrogen-bond acceptors (Lipinski definition) is 1. The minimum absolute atomic E-state index is 0.0708. The van der Waals surface area contributed by atoms with E-state index in [4.69, 9.17) is 0 Å². The van der Waals surface area contributed by atoms with E-state index in [0.29, 0.717) is 12.0 Å². The second-order valence-electron chi connectivity index (χ2n) is 6.84. The first-order valence-corrected chi connectivity index (χ1v) is 6.17. The van der Waals surface area contributed by atoms with Gasteiger partial charge in [-0.3, -0.25) is 4.68 Å². The molecular weight excluding hydrogens is 208 g/mol. The average molecular weight is 232 g/mol. The zero-order valence-electron chi connectivity index (χ0n) is 12.0. The van der Waals surface area contributed by atoms with Crippen LogP contribution in [-0.4, -0.2) is 9.78 Å². The minimum atomic E-state index is 0.0708. The van der Waals surface area contributed by atoms with Gasteiger partial charge in [0.25, 0.3) is 0 Å². The Morgan fingerprint density at radius 2 is 1.82 bits per heavy atom. The lowest BCUT2D eigenvalue weighted by molar-refractivity contribution is 0.411. The van der Waals surface area contributed by atoms with Crippen LogP contribution in [-0.2, 0) is 13.0 Å². The number of hydrogen-bond donors (Lipinski definition) is 0. The van der Waals surface area contributed by atoms with Gasteiger partial charge in [0.15, 0.2) is 0 Å². The third-order valence-electron chi connectivity index (χ3n) is 2.13. The lowest BCUT2D eigenvalue weighted by Gasteiger charge is -2.16. The van der Waals surface area contributed by atoms with Crippen molar-refractivity contribution in [3.05, 3.63) is 18.0 Å². The van der Waals surface area contributed by atoms with Crippen LogP contribution < -0.4 is 0 Å². The molecule has 0 fully saturated rings. The van der Waals surface area contributed by atoms with Gasteiger partial charge in [-0.2, -0.15) is 5.10 Å². The van der Waals surface area contributed by atoms with Gasteiger partial charge in [-0.1, -0.05) is 32.6 Å². The van der Waals surface area contributed by atoms with E-state index in [1.165, 1.54) is 5.56 Å². The van der Waals surface area contributed by atoms with Crippen LogP contribution in [0.2, 0.25) is 0 Å². The number of nitrogens with zero attached hydrogens (tertiary/aromatic N) is 2. The predicted molar refractivity (Wildman–Crippen MR) is 72.6 cm³/mol. The molecule has 0 aromatic carbocycles. The number of rotatable bonds is 2. The molecule has 0 aliphatic rings. The normalized spacial score (nSPS) is 12.1. The summed E-state index contributed by atoms with van der Waals surface area (Å²) in [6, 6.07) is 0. The highest BCUT2D eigenvalue weighted by Crippen LogP contribution is 2.19. The van der Waals surface area contributed by atoms with Crippen molar-refractivity contribution in [1.29, 1.82) is 0 Å². The van der Waals surface area contributed by atoms with Crippen molar-refractivity contribution in [1.82, 2.24) is 9.78 Å². The van der Waals surface area contributed by atoms with Crippen molar-refractivity contribution in [2.45, 2.75) is 54.5 Å². The summed E-state index contributed by atoms with van der Waals surface area (Å²) in [5.41, 5.74) is 1.67. The Morgan fingerprint density at radius 1 is 1.18 bits per heavy atom. The molecule has 0 unspecified atom stereocenters. The molecule has 17 heavy (non-hydrogen) atoms. The van der Waals surface area contributed by atoms with Crippen LogP contribution in [0.4, 0.5) is 0 Å². The van der Waals surface area contributed by atoms with Crippen LogP contribution in [0.5, 0.6) is 0 Å². The summed E-state index contributed by atoms with van der Waals surface area (Å²) in [6.07, 6.45) is 5.10. The zero-order chi connectivity index (χ0) is 13.1. The van der Waals surface area contributed by atoms with E-state index in [-0.39, 0.29) is 5.41 Å². The highest BCUT2D eigenvalue weighted by Gasteiger charge is 2.12. The third kappa shape index (κ3) is 6.16. The maximum Gasteiger partial charge on any atom is 0.102 e. The molecule has 94 valence electrons. The Balaban J connectivity index is 2.60. The van der Waals surface area contributed by atoms with Gasteiger partial charge in [0.2, 0.25) is 0 Å². The van der Waals surface area contributed by atoms with E-state index in [9.17, 15) is 0 Å². The van der Waals surface area contributed by atoms with Crippen LogP contribution in [0.1, 0.15) is 47.1 Å². The molecule has 2 nitrogen and oxygen atoms in total. The first kappa shape index (κ1) is 13.8. The van der Waals surface area contributed by atoms with Gasteiger partial charge in [0.1, 0.15) is 6.54 Å². The SMILES string of the molecule is CC(C)(C)C#CCn1cc(CC(C)(C)C)cn1. The van der Waals surface area contributed by atoms with Crippen molar-refractivity contribution in [2.75, 3.05) is 0 Å². The Labute approximate surface area is 105 Å². The second kappa shape index (κ2) is 4.96. The fourth-order valence-corrected chi connectivity index (χ4v) is 1.58. The number of aromatic nitrogens is 2. The fraction of sp³-hybridized carbons (Fsp3) is 0.667. The molecule has 1 heterocycles. The molecule has 2 heteroatoms. The van der Waals surface area contributed by atoms with Gasteiger partial charge < -0.3 is 0 Å². The average Bonchev–Trinajstić information content (AvgIpc) is 2.46. The Kier molecular flexibility index (Phi) is 4.03. The Hall–Kier alpha value is -1.23. The lowest BCUT2D eigenvalue weighted by atomic mass is 9.89. The van der Waals surface area contributed by atoms with E-state index in [1.807, 2.05) is 10.9 Å². The minimum Gasteiger partial charge on any atom is -0.260 e. The molecular formula is C15H24N2. The summed E-state index contributed by atoms with van der Waals surface area (Å²) in [7, 11) is 0. The Morgan fingerprint density at radius 3 is 2.35 bits per heavy atom. The predicted octanol–water partition coefficient (Wildman–Crippen LogP) is 3.52. The second-order valence-corrected chi connectivity index (χ2v) is 6.84. The summed E-state index contributed by atoms with van der Waals surface area (Å²) in [4.78, 5) is 0. The van der Waals surface area contributed by atoms with Crippen LogP contribution in [0.15, 0.2) is 12.4 Å². The molecule has 0 N–H and O–H groups in total. The van der Waals surface area contributed by atoms with Crippen molar-refractivity contribution < 1.29 is 0 Å². The van der Waals surface area contributed by atoms with Crippen molar-refractivity contribution in [2.24, 2.45) is 10.8 Å². The first-order valence-electron chi connectivity index (χ1n) is 6.17. The molecule has 1 rings (SSSR count). The molecule has 0 spiro atoms. The topological polar surface area (TPSA) is 17.8 Å². The molecule has 0 aliphatic carbocycles. The molecule has 0 amide bonds. The first-order chi connectivity index (χ1) is 7.66. The van der Waals surface area contributed by atoms with Crippen LogP contribution in [0.25, 0.3) is 0 Å². The van der Waals surface area contributed by atoms with Gasteiger partial charge in [0, 0.05) is 11.6 Å². The van der Waals surface area contributed by atoms with E-state index in [1.54, 1.807) is 0 Å². The van der Waals surface area contributed by atoms with Gasteiger partial charge >= 0.3 is 0 Å². The molecule has 0 aliphatic heterocycles. The summed E-state index contributed by atoms with van der Waals surface area (Å²) in [5.74, 6) is 6.39. The quantitative estimate of drug-likeness (QED) is 0.713. The Bertz CT molecular complexity index is 416. The van der Waals surface area contributed by atoms with Gasteiger partial charge in [-0.05, 0) is 38.2 Å². The van der Waals surface area contributed by atoms with Crippen LogP contribution >= 0.6 is 0 Å². The molecule has 0 radical (unpaired) electrons.